The molecule has 1 atom stereocenters. The molecule has 1 N–H and O–H groups in total. The normalized spacial score (nSPS) is 15.9. The van der Waals surface area contributed by atoms with E-state index in [1.54, 1.807) is 0 Å². The minimum atomic E-state index is -0.492. The van der Waals surface area contributed by atoms with E-state index in [-0.39, 0.29) is 12.4 Å². The first kappa shape index (κ1) is 21.8. The second kappa shape index (κ2) is 10.2. The van der Waals surface area contributed by atoms with Gasteiger partial charge in [0.1, 0.15) is 18.5 Å². The third-order valence-electron chi connectivity index (χ3n) is 4.78. The van der Waals surface area contributed by atoms with Crippen molar-refractivity contribution in [1.82, 2.24) is 4.90 Å². The third-order valence-corrected chi connectivity index (χ3v) is 5.01. The van der Waals surface area contributed by atoms with Gasteiger partial charge in [0, 0.05) is 43.4 Å². The van der Waals surface area contributed by atoms with Gasteiger partial charge in [-0.1, -0.05) is 35.4 Å². The van der Waals surface area contributed by atoms with Gasteiger partial charge in [0.15, 0.2) is 0 Å². The fourth-order valence-electron chi connectivity index (χ4n) is 3.36. The summed E-state index contributed by atoms with van der Waals surface area (Å²) in [5, 5.41) is 11.1. The van der Waals surface area contributed by atoms with Crippen molar-refractivity contribution in [2.75, 3.05) is 44.2 Å². The Morgan fingerprint density at radius 3 is 2.48 bits per heavy atom. The highest BCUT2D eigenvalue weighted by molar-refractivity contribution is 6.30. The zero-order valence-electron chi connectivity index (χ0n) is 15.9. The van der Waals surface area contributed by atoms with Crippen LogP contribution in [0.3, 0.4) is 0 Å². The summed E-state index contributed by atoms with van der Waals surface area (Å²) in [5.74, 6) is 0.848. The average molecular weight is 411 g/mol. The third kappa shape index (κ3) is 6.28. The molecule has 1 aliphatic heterocycles. The Morgan fingerprint density at radius 1 is 1.07 bits per heavy atom. The van der Waals surface area contributed by atoms with Crippen LogP contribution in [0.25, 0.3) is 0 Å². The van der Waals surface area contributed by atoms with Gasteiger partial charge in [0.25, 0.3) is 0 Å². The number of ether oxygens (including phenoxy) is 1. The van der Waals surface area contributed by atoms with Crippen LogP contribution < -0.4 is 9.64 Å². The van der Waals surface area contributed by atoms with Gasteiger partial charge in [-0.05, 0) is 43.7 Å². The number of piperazine rings is 1. The molecule has 2 aromatic carbocycles. The van der Waals surface area contributed by atoms with Gasteiger partial charge in [-0.2, -0.15) is 0 Å². The highest BCUT2D eigenvalue weighted by Gasteiger charge is 2.20. The Morgan fingerprint density at radius 2 is 1.81 bits per heavy atom. The number of hydrogen-bond acceptors (Lipinski definition) is 4. The van der Waals surface area contributed by atoms with Crippen LogP contribution in [0.2, 0.25) is 5.02 Å². The lowest BCUT2D eigenvalue weighted by atomic mass is 10.1. The van der Waals surface area contributed by atoms with Crippen molar-refractivity contribution in [1.29, 1.82) is 0 Å². The number of aliphatic hydroxyl groups is 1. The SMILES string of the molecule is Cc1ccc(OCC(O)CN2CCN(c3cccc(Cl)c3)CC2)c(C)c1.Cl. The first-order valence-corrected chi connectivity index (χ1v) is 9.50. The zero-order chi connectivity index (χ0) is 18.5. The predicted molar refractivity (Wildman–Crippen MR) is 115 cm³/mol. The van der Waals surface area contributed by atoms with Crippen molar-refractivity contribution in [3.8, 4) is 5.75 Å². The van der Waals surface area contributed by atoms with Crippen LogP contribution >= 0.6 is 24.0 Å². The molecule has 3 rings (SSSR count). The lowest BCUT2D eigenvalue weighted by Crippen LogP contribution is -2.49. The van der Waals surface area contributed by atoms with Crippen molar-refractivity contribution >= 4 is 29.7 Å². The molecule has 27 heavy (non-hydrogen) atoms. The molecule has 148 valence electrons. The molecular formula is C21H28Cl2N2O2. The molecule has 0 aliphatic carbocycles. The van der Waals surface area contributed by atoms with Crippen LogP contribution in [0.1, 0.15) is 11.1 Å². The number of halogens is 2. The summed E-state index contributed by atoms with van der Waals surface area (Å²) in [7, 11) is 0. The first-order valence-electron chi connectivity index (χ1n) is 9.12. The molecule has 1 unspecified atom stereocenters. The lowest BCUT2D eigenvalue weighted by Gasteiger charge is -2.36. The van der Waals surface area contributed by atoms with Gasteiger partial charge >= 0.3 is 0 Å². The van der Waals surface area contributed by atoms with E-state index >= 15 is 0 Å². The first-order chi connectivity index (χ1) is 12.5. The molecule has 0 aromatic heterocycles. The molecule has 0 amide bonds. The summed E-state index contributed by atoms with van der Waals surface area (Å²) >= 11 is 6.08. The fourth-order valence-corrected chi connectivity index (χ4v) is 3.54. The van der Waals surface area contributed by atoms with E-state index in [0.29, 0.717) is 13.2 Å². The van der Waals surface area contributed by atoms with E-state index in [0.717, 1.165) is 48.2 Å². The number of nitrogens with zero attached hydrogens (tertiary/aromatic N) is 2. The van der Waals surface area contributed by atoms with Crippen LogP contribution in [0.4, 0.5) is 5.69 Å². The maximum absolute atomic E-state index is 10.3. The van der Waals surface area contributed by atoms with Crippen LogP contribution in [0.5, 0.6) is 5.75 Å². The summed E-state index contributed by atoms with van der Waals surface area (Å²) in [5.41, 5.74) is 3.48. The molecule has 2 aromatic rings. The second-order valence-corrected chi connectivity index (χ2v) is 7.44. The Bertz CT molecular complexity index is 734. The minimum Gasteiger partial charge on any atom is -0.491 e. The number of aliphatic hydroxyl groups excluding tert-OH is 1. The molecule has 0 spiro atoms. The van der Waals surface area contributed by atoms with Gasteiger partial charge in [0.2, 0.25) is 0 Å². The molecule has 4 nitrogen and oxygen atoms in total. The Labute approximate surface area is 173 Å². The topological polar surface area (TPSA) is 35.9 Å². The standard InChI is InChI=1S/C21H27ClN2O2.ClH/c1-16-6-7-21(17(2)12-16)26-15-20(25)14-23-8-10-24(11-9-23)19-5-3-4-18(22)13-19;/h3-7,12-13,20,25H,8-11,14-15H2,1-2H3;1H. The van der Waals surface area contributed by atoms with Crippen molar-refractivity contribution < 1.29 is 9.84 Å². The maximum atomic E-state index is 10.3. The van der Waals surface area contributed by atoms with Gasteiger partial charge in [-0.3, -0.25) is 4.90 Å². The van der Waals surface area contributed by atoms with Crippen molar-refractivity contribution in [2.24, 2.45) is 0 Å². The minimum absolute atomic E-state index is 0. The molecule has 1 aliphatic rings. The quantitative estimate of drug-likeness (QED) is 0.781. The summed E-state index contributed by atoms with van der Waals surface area (Å²) in [6, 6.07) is 14.1. The summed E-state index contributed by atoms with van der Waals surface area (Å²) in [6.07, 6.45) is -0.492. The van der Waals surface area contributed by atoms with Crippen molar-refractivity contribution in [2.45, 2.75) is 20.0 Å². The molecule has 1 fully saturated rings. The van der Waals surface area contributed by atoms with Crippen LogP contribution in [0.15, 0.2) is 42.5 Å². The van der Waals surface area contributed by atoms with Gasteiger partial charge in [0.05, 0.1) is 0 Å². The summed E-state index contributed by atoms with van der Waals surface area (Å²) in [4.78, 5) is 4.62. The van der Waals surface area contributed by atoms with E-state index < -0.39 is 6.10 Å². The number of hydrogen-bond donors (Lipinski definition) is 1. The Balaban J connectivity index is 0.00000261. The van der Waals surface area contributed by atoms with E-state index in [1.807, 2.05) is 37.3 Å². The highest BCUT2D eigenvalue weighted by atomic mass is 35.5. The highest BCUT2D eigenvalue weighted by Crippen LogP contribution is 2.21. The van der Waals surface area contributed by atoms with E-state index in [9.17, 15) is 5.11 Å². The van der Waals surface area contributed by atoms with E-state index in [4.69, 9.17) is 16.3 Å². The second-order valence-electron chi connectivity index (χ2n) is 7.00. The maximum Gasteiger partial charge on any atom is 0.122 e. The lowest BCUT2D eigenvalue weighted by molar-refractivity contribution is 0.0661. The fraction of sp³-hybridized carbons (Fsp3) is 0.429. The molecule has 6 heteroatoms. The van der Waals surface area contributed by atoms with Crippen LogP contribution in [-0.2, 0) is 0 Å². The Kier molecular flexibility index (Phi) is 8.24. The smallest absolute Gasteiger partial charge is 0.122 e. The molecule has 1 saturated heterocycles. The van der Waals surface area contributed by atoms with Crippen molar-refractivity contribution in [3.05, 3.63) is 58.6 Å². The van der Waals surface area contributed by atoms with Crippen LogP contribution in [-0.4, -0.2) is 55.4 Å². The monoisotopic (exact) mass is 410 g/mol. The molecule has 0 radical (unpaired) electrons. The average Bonchev–Trinajstić information content (AvgIpc) is 2.61. The largest absolute Gasteiger partial charge is 0.491 e. The van der Waals surface area contributed by atoms with Crippen LogP contribution in [0, 0.1) is 13.8 Å². The predicted octanol–water partition coefficient (Wildman–Crippen LogP) is 3.94. The molecular weight excluding hydrogens is 383 g/mol. The molecule has 0 saturated carbocycles. The van der Waals surface area contributed by atoms with Gasteiger partial charge in [-0.15, -0.1) is 12.4 Å². The molecule has 0 bridgehead atoms. The zero-order valence-corrected chi connectivity index (χ0v) is 17.5. The number of rotatable bonds is 6. The van der Waals surface area contributed by atoms with Gasteiger partial charge < -0.3 is 14.7 Å². The van der Waals surface area contributed by atoms with E-state index in [2.05, 4.69) is 28.9 Å². The Hall–Kier alpha value is -1.46. The van der Waals surface area contributed by atoms with E-state index in [1.165, 1.54) is 5.56 Å². The molecule has 1 heterocycles. The van der Waals surface area contributed by atoms with Gasteiger partial charge in [-0.25, -0.2) is 0 Å². The summed E-state index contributed by atoms with van der Waals surface area (Å²) in [6.45, 7) is 8.77. The summed E-state index contributed by atoms with van der Waals surface area (Å²) < 4.78 is 5.80. The number of anilines is 1. The number of β-amino-alcohol motifs (C(OH)–C–C–N with tert-alkyl or cyclic N) is 1. The van der Waals surface area contributed by atoms with Crippen molar-refractivity contribution in [3.63, 3.8) is 0 Å². The number of benzene rings is 2. The number of aryl methyl sites for hydroxylation is 2.